The Morgan fingerprint density at radius 3 is 2.23 bits per heavy atom. The third kappa shape index (κ3) is 3.71. The second-order valence-electron chi connectivity index (χ2n) is 3.03. The number of aliphatic hydroxyl groups is 2. The van der Waals surface area contributed by atoms with Crippen LogP contribution >= 0.6 is 0 Å². The zero-order valence-corrected chi connectivity index (χ0v) is 8.13. The van der Waals surface area contributed by atoms with Crippen LogP contribution in [0.5, 0.6) is 0 Å². The summed E-state index contributed by atoms with van der Waals surface area (Å²) in [5.41, 5.74) is -0.881. The molecule has 4 N–H and O–H groups in total. The van der Waals surface area contributed by atoms with Crippen LogP contribution in [0.15, 0.2) is 0 Å². The van der Waals surface area contributed by atoms with Gasteiger partial charge in [-0.1, -0.05) is 6.92 Å². The Kier molecular flexibility index (Phi) is 5.61. The van der Waals surface area contributed by atoms with Gasteiger partial charge in [0.1, 0.15) is 0 Å². The molecule has 0 aliphatic rings. The third-order valence-corrected chi connectivity index (χ3v) is 2.02. The summed E-state index contributed by atoms with van der Waals surface area (Å²) in [6, 6.07) is 0. The Morgan fingerprint density at radius 1 is 1.38 bits per heavy atom. The third-order valence-electron chi connectivity index (χ3n) is 2.02. The normalized spacial score (nSPS) is 11.4. The fourth-order valence-corrected chi connectivity index (χ4v) is 0.942. The van der Waals surface area contributed by atoms with Crippen LogP contribution in [0.1, 0.15) is 13.3 Å². The van der Waals surface area contributed by atoms with Crippen LogP contribution in [0.25, 0.3) is 0 Å². The maximum Gasteiger partial charge on any atom is 0.234 e. The first-order valence-corrected chi connectivity index (χ1v) is 4.31. The van der Waals surface area contributed by atoms with Crippen LogP contribution in [-0.4, -0.2) is 48.5 Å². The first-order valence-electron chi connectivity index (χ1n) is 4.31. The molecular weight excluding hydrogens is 172 g/mol. The van der Waals surface area contributed by atoms with Gasteiger partial charge < -0.3 is 20.8 Å². The van der Waals surface area contributed by atoms with E-state index in [0.29, 0.717) is 6.42 Å². The molecule has 0 aliphatic carbocycles. The van der Waals surface area contributed by atoms with Gasteiger partial charge in [-0.3, -0.25) is 4.79 Å². The van der Waals surface area contributed by atoms with Gasteiger partial charge in [0.15, 0.2) is 0 Å². The van der Waals surface area contributed by atoms with Gasteiger partial charge in [-0.2, -0.15) is 0 Å². The Labute approximate surface area is 78.1 Å². The topological polar surface area (TPSA) is 81.6 Å². The second-order valence-corrected chi connectivity index (χ2v) is 3.03. The largest absolute Gasteiger partial charge is 0.394 e. The number of nitrogens with one attached hydrogen (secondary N) is 2. The van der Waals surface area contributed by atoms with Crippen LogP contribution in [0, 0.1) is 0 Å². The molecule has 0 spiro atoms. The van der Waals surface area contributed by atoms with Crippen molar-refractivity contribution in [2.45, 2.75) is 18.9 Å². The molecule has 0 aromatic carbocycles. The molecule has 13 heavy (non-hydrogen) atoms. The number of amides is 1. The van der Waals surface area contributed by atoms with Gasteiger partial charge in [0, 0.05) is 0 Å². The summed E-state index contributed by atoms with van der Waals surface area (Å²) in [5, 5.41) is 23.3. The van der Waals surface area contributed by atoms with Crippen LogP contribution in [0.2, 0.25) is 0 Å². The van der Waals surface area contributed by atoms with Gasteiger partial charge in [0.25, 0.3) is 0 Å². The minimum Gasteiger partial charge on any atom is -0.394 e. The van der Waals surface area contributed by atoms with Crippen molar-refractivity contribution in [2.24, 2.45) is 0 Å². The maximum atomic E-state index is 11.1. The van der Waals surface area contributed by atoms with E-state index in [1.165, 1.54) is 0 Å². The van der Waals surface area contributed by atoms with Crippen molar-refractivity contribution >= 4 is 5.91 Å². The van der Waals surface area contributed by atoms with E-state index in [-0.39, 0.29) is 25.7 Å². The Hall–Kier alpha value is -0.650. The predicted octanol–water partition coefficient (Wildman–Crippen LogP) is -1.54. The second kappa shape index (κ2) is 5.90. The minimum absolute atomic E-state index is 0.182. The van der Waals surface area contributed by atoms with E-state index in [4.69, 9.17) is 10.2 Å². The van der Waals surface area contributed by atoms with Crippen molar-refractivity contribution < 1.29 is 15.0 Å². The van der Waals surface area contributed by atoms with Crippen molar-refractivity contribution in [1.29, 1.82) is 0 Å². The van der Waals surface area contributed by atoms with Gasteiger partial charge in [0.05, 0.1) is 25.3 Å². The fourth-order valence-electron chi connectivity index (χ4n) is 0.942. The summed E-state index contributed by atoms with van der Waals surface area (Å²) >= 11 is 0. The Balaban J connectivity index is 4.16. The van der Waals surface area contributed by atoms with Gasteiger partial charge in [-0.05, 0) is 13.5 Å². The van der Waals surface area contributed by atoms with E-state index < -0.39 is 5.54 Å². The molecule has 0 atom stereocenters. The summed E-state index contributed by atoms with van der Waals surface area (Å²) < 4.78 is 0. The molecule has 0 saturated carbocycles. The molecule has 0 unspecified atom stereocenters. The molecule has 1 amide bonds. The lowest BCUT2D eigenvalue weighted by atomic mass is 9.98. The van der Waals surface area contributed by atoms with Crippen LogP contribution in [0.3, 0.4) is 0 Å². The molecule has 0 rings (SSSR count). The summed E-state index contributed by atoms with van der Waals surface area (Å²) in [5.74, 6) is -0.229. The highest BCUT2D eigenvalue weighted by Gasteiger charge is 2.27. The molecule has 0 aromatic rings. The van der Waals surface area contributed by atoms with Gasteiger partial charge in [-0.25, -0.2) is 0 Å². The highest BCUT2D eigenvalue weighted by atomic mass is 16.3. The number of aliphatic hydroxyl groups excluding tert-OH is 2. The lowest BCUT2D eigenvalue weighted by Gasteiger charge is -2.29. The van der Waals surface area contributed by atoms with Gasteiger partial charge in [-0.15, -0.1) is 0 Å². The Bertz CT molecular complexity index is 149. The number of hydrogen-bond donors (Lipinski definition) is 4. The summed E-state index contributed by atoms with van der Waals surface area (Å²) in [7, 11) is 1.66. The highest BCUT2D eigenvalue weighted by Crippen LogP contribution is 2.07. The Morgan fingerprint density at radius 2 is 1.92 bits per heavy atom. The van der Waals surface area contributed by atoms with Gasteiger partial charge >= 0.3 is 0 Å². The van der Waals surface area contributed by atoms with E-state index in [0.717, 1.165) is 0 Å². The quantitative estimate of drug-likeness (QED) is 0.409. The van der Waals surface area contributed by atoms with E-state index >= 15 is 0 Å². The molecule has 0 saturated heterocycles. The lowest BCUT2D eigenvalue weighted by Crippen LogP contribution is -2.55. The molecule has 78 valence electrons. The molecule has 0 aromatic heterocycles. The molecule has 0 bridgehead atoms. The van der Waals surface area contributed by atoms with E-state index in [1.54, 1.807) is 14.0 Å². The van der Waals surface area contributed by atoms with E-state index in [9.17, 15) is 4.79 Å². The molecule has 5 nitrogen and oxygen atoms in total. The average Bonchev–Trinajstić information content (AvgIpc) is 2.15. The van der Waals surface area contributed by atoms with Crippen LogP contribution in [-0.2, 0) is 4.79 Å². The number of carbonyl (C=O) groups excluding carboxylic acids is 1. The molecular formula is C8H18N2O3. The number of carbonyl (C=O) groups is 1. The highest BCUT2D eigenvalue weighted by molar-refractivity contribution is 5.78. The fraction of sp³-hybridized carbons (Fsp3) is 0.875. The van der Waals surface area contributed by atoms with Crippen LogP contribution < -0.4 is 10.6 Å². The summed E-state index contributed by atoms with van der Waals surface area (Å²) in [6.45, 7) is 1.47. The number of likely N-dealkylation sites (N-methyl/N-ethyl adjacent to an activating group) is 1. The monoisotopic (exact) mass is 190 g/mol. The van der Waals surface area contributed by atoms with E-state index in [1.807, 2.05) is 0 Å². The zero-order valence-electron chi connectivity index (χ0n) is 8.13. The SMILES string of the molecule is CCC(CO)(CO)NC(=O)CNC. The maximum absolute atomic E-state index is 11.1. The van der Waals surface area contributed by atoms with Crippen molar-refractivity contribution in [3.8, 4) is 0 Å². The van der Waals surface area contributed by atoms with Crippen LogP contribution in [0.4, 0.5) is 0 Å². The summed E-state index contributed by atoms with van der Waals surface area (Å²) in [6.07, 6.45) is 0.495. The summed E-state index contributed by atoms with van der Waals surface area (Å²) in [4.78, 5) is 11.1. The first kappa shape index (κ1) is 12.3. The minimum atomic E-state index is -0.881. The average molecular weight is 190 g/mol. The molecule has 0 fully saturated rings. The van der Waals surface area contributed by atoms with E-state index in [2.05, 4.69) is 10.6 Å². The van der Waals surface area contributed by atoms with Crippen molar-refractivity contribution in [3.05, 3.63) is 0 Å². The standard InChI is InChI=1S/C8H18N2O3/c1-3-8(5-11,6-12)10-7(13)4-9-2/h9,11-12H,3-6H2,1-2H3,(H,10,13). The molecule has 0 radical (unpaired) electrons. The van der Waals surface area contributed by atoms with Crippen molar-refractivity contribution in [3.63, 3.8) is 0 Å². The first-order chi connectivity index (χ1) is 6.14. The molecule has 5 heteroatoms. The van der Waals surface area contributed by atoms with Crippen molar-refractivity contribution in [1.82, 2.24) is 10.6 Å². The number of hydrogen-bond acceptors (Lipinski definition) is 4. The number of rotatable bonds is 6. The zero-order chi connectivity index (χ0) is 10.3. The predicted molar refractivity (Wildman–Crippen MR) is 49.3 cm³/mol. The van der Waals surface area contributed by atoms with Crippen molar-refractivity contribution in [2.75, 3.05) is 26.8 Å². The van der Waals surface area contributed by atoms with Gasteiger partial charge in [0.2, 0.25) is 5.91 Å². The lowest BCUT2D eigenvalue weighted by molar-refractivity contribution is -0.123. The molecule has 0 heterocycles. The smallest absolute Gasteiger partial charge is 0.234 e. The molecule has 0 aliphatic heterocycles.